The Bertz CT molecular complexity index is 1430. The van der Waals surface area contributed by atoms with Crippen molar-refractivity contribution in [1.29, 1.82) is 0 Å². The number of nitrogens with zero attached hydrogens (tertiary/aromatic N) is 3. The molecule has 0 amide bonds. The van der Waals surface area contributed by atoms with E-state index in [2.05, 4.69) is 19.9 Å². The maximum Gasteiger partial charge on any atom is 0.490 e. The number of carbonyl (C=O) groups is 1. The van der Waals surface area contributed by atoms with Gasteiger partial charge in [0, 0.05) is 37.0 Å². The first kappa shape index (κ1) is 26.0. The molecule has 0 bridgehead atoms. The largest absolute Gasteiger partial charge is 0.490 e. The number of hydrogen-bond acceptors (Lipinski definition) is 5. The molecule has 37 heavy (non-hydrogen) atoms. The highest BCUT2D eigenvalue weighted by Gasteiger charge is 2.38. The summed E-state index contributed by atoms with van der Waals surface area (Å²) in [6, 6.07) is 9.76. The van der Waals surface area contributed by atoms with Crippen LogP contribution >= 0.6 is 0 Å². The third-order valence-electron chi connectivity index (χ3n) is 5.84. The Hall–Kier alpha value is -4.06. The molecular weight excluding hydrogens is 497 g/mol. The third kappa shape index (κ3) is 5.53. The zero-order chi connectivity index (χ0) is 26.9. The van der Waals surface area contributed by atoms with Crippen LogP contribution in [0.15, 0.2) is 48.8 Å². The number of hydrogen-bond donors (Lipinski definition) is 3. The molecule has 0 unspecified atom stereocenters. The topological polar surface area (TPSA) is 108 Å². The fourth-order valence-electron chi connectivity index (χ4n) is 4.10. The number of carboxylic acids is 1. The second-order valence-corrected chi connectivity index (χ2v) is 8.63. The normalized spacial score (nSPS) is 13.8. The maximum absolute atomic E-state index is 14.2. The van der Waals surface area contributed by atoms with Gasteiger partial charge in [0.15, 0.2) is 5.82 Å². The molecule has 4 aromatic rings. The Kier molecular flexibility index (Phi) is 7.12. The zero-order valence-corrected chi connectivity index (χ0v) is 19.5. The van der Waals surface area contributed by atoms with Gasteiger partial charge in [0.1, 0.15) is 17.2 Å². The third-order valence-corrected chi connectivity index (χ3v) is 5.84. The van der Waals surface area contributed by atoms with E-state index in [1.54, 1.807) is 24.5 Å². The molecule has 0 spiro atoms. The Morgan fingerprint density at radius 1 is 1.16 bits per heavy atom. The monoisotopic (exact) mass is 519 g/mol. The van der Waals surface area contributed by atoms with Gasteiger partial charge in [-0.3, -0.25) is 4.98 Å². The van der Waals surface area contributed by atoms with Crippen LogP contribution in [-0.2, 0) is 4.79 Å². The minimum absolute atomic E-state index is 0.286. The molecular formula is C25H22F5N5O2. The quantitative estimate of drug-likeness (QED) is 0.331. The van der Waals surface area contributed by atoms with Crippen molar-refractivity contribution >= 4 is 22.7 Å². The summed E-state index contributed by atoms with van der Waals surface area (Å²) >= 11 is 0. The minimum Gasteiger partial charge on any atom is -0.475 e. The van der Waals surface area contributed by atoms with Crippen LogP contribution in [-0.4, -0.2) is 51.8 Å². The summed E-state index contributed by atoms with van der Waals surface area (Å²) in [5, 5.41) is 7.12. The summed E-state index contributed by atoms with van der Waals surface area (Å²) in [6.45, 7) is 4.06. The van der Waals surface area contributed by atoms with E-state index in [9.17, 15) is 22.0 Å². The fourth-order valence-corrected chi connectivity index (χ4v) is 4.10. The average Bonchev–Trinajstić information content (AvgIpc) is 3.23. The van der Waals surface area contributed by atoms with E-state index in [1.165, 1.54) is 18.2 Å². The second-order valence-electron chi connectivity index (χ2n) is 8.63. The molecule has 1 aliphatic rings. The van der Waals surface area contributed by atoms with Gasteiger partial charge >= 0.3 is 12.1 Å². The van der Waals surface area contributed by atoms with E-state index in [-0.39, 0.29) is 17.2 Å². The van der Waals surface area contributed by atoms with Crippen molar-refractivity contribution in [2.75, 3.05) is 24.5 Å². The molecule has 0 saturated carbocycles. The van der Waals surface area contributed by atoms with Crippen molar-refractivity contribution in [1.82, 2.24) is 15.0 Å². The molecule has 2 aromatic carbocycles. The molecule has 1 aliphatic heterocycles. The van der Waals surface area contributed by atoms with E-state index in [0.29, 0.717) is 23.8 Å². The van der Waals surface area contributed by atoms with Gasteiger partial charge in [-0.25, -0.2) is 18.6 Å². The van der Waals surface area contributed by atoms with Crippen LogP contribution in [0.25, 0.3) is 33.5 Å². The van der Waals surface area contributed by atoms with Gasteiger partial charge in [0.2, 0.25) is 0 Å². The molecule has 5 rings (SSSR count). The van der Waals surface area contributed by atoms with Crippen LogP contribution in [0.5, 0.6) is 0 Å². The number of benzene rings is 2. The van der Waals surface area contributed by atoms with Gasteiger partial charge in [-0.2, -0.15) is 13.2 Å². The minimum atomic E-state index is -5.08. The van der Waals surface area contributed by atoms with Crippen LogP contribution < -0.4 is 10.6 Å². The lowest BCUT2D eigenvalue weighted by Gasteiger charge is -2.42. The number of anilines is 1. The number of nitrogens with two attached hydrogens (primary N) is 1. The number of nitrogens with one attached hydrogen (secondary N) is 1. The molecule has 7 nitrogen and oxygen atoms in total. The predicted molar refractivity (Wildman–Crippen MR) is 128 cm³/mol. The Balaban J connectivity index is 0.000000405. The van der Waals surface area contributed by atoms with E-state index in [1.807, 2.05) is 13.0 Å². The lowest BCUT2D eigenvalue weighted by Crippen LogP contribution is -2.50. The molecule has 4 N–H and O–H groups in total. The molecule has 1 fully saturated rings. The van der Waals surface area contributed by atoms with E-state index >= 15 is 0 Å². The van der Waals surface area contributed by atoms with Crippen LogP contribution in [0.3, 0.4) is 0 Å². The summed E-state index contributed by atoms with van der Waals surface area (Å²) in [5.41, 5.74) is 10.8. The van der Waals surface area contributed by atoms with Crippen LogP contribution in [0.4, 0.5) is 27.6 Å². The lowest BCUT2D eigenvalue weighted by atomic mass is 9.94. The molecule has 0 atom stereocenters. The highest BCUT2D eigenvalue weighted by atomic mass is 19.4. The van der Waals surface area contributed by atoms with Crippen molar-refractivity contribution < 1.29 is 31.9 Å². The maximum atomic E-state index is 14.2. The van der Waals surface area contributed by atoms with Gasteiger partial charge in [-0.1, -0.05) is 12.1 Å². The number of fused-ring (bicyclic) bond motifs is 1. The Morgan fingerprint density at radius 2 is 1.84 bits per heavy atom. The number of pyridine rings is 1. The first-order valence-corrected chi connectivity index (χ1v) is 11.1. The smallest absolute Gasteiger partial charge is 0.475 e. The van der Waals surface area contributed by atoms with Crippen LogP contribution in [0, 0.1) is 24.5 Å². The first-order chi connectivity index (χ1) is 17.5. The van der Waals surface area contributed by atoms with Gasteiger partial charge in [-0.15, -0.1) is 0 Å². The average molecular weight is 519 g/mol. The van der Waals surface area contributed by atoms with Crippen molar-refractivity contribution in [2.24, 2.45) is 11.7 Å². The molecule has 2 aromatic heterocycles. The Labute approximate surface area is 207 Å². The predicted octanol–water partition coefficient (Wildman–Crippen LogP) is 4.91. The van der Waals surface area contributed by atoms with Gasteiger partial charge in [0.05, 0.1) is 16.8 Å². The number of aryl methyl sites for hydroxylation is 1. The van der Waals surface area contributed by atoms with Gasteiger partial charge in [0.25, 0.3) is 0 Å². The summed E-state index contributed by atoms with van der Waals surface area (Å²) in [5.74, 6) is -2.50. The van der Waals surface area contributed by atoms with Crippen LogP contribution in [0.2, 0.25) is 0 Å². The lowest BCUT2D eigenvalue weighted by molar-refractivity contribution is -0.192. The van der Waals surface area contributed by atoms with E-state index < -0.39 is 12.1 Å². The first-order valence-electron chi connectivity index (χ1n) is 11.1. The number of halogens is 5. The SMILES string of the molecule is Cc1cc(F)cc(-c2cncc(-c3nc4c(F)cccc4[nH]3)c2N2CC(CN)C2)c1.O=C(O)C(F)(F)F. The number of carboxylic acid groups (broad SMARTS) is 1. The summed E-state index contributed by atoms with van der Waals surface area (Å²) in [7, 11) is 0. The molecule has 12 heteroatoms. The summed E-state index contributed by atoms with van der Waals surface area (Å²) < 4.78 is 60.1. The summed E-state index contributed by atoms with van der Waals surface area (Å²) in [4.78, 5) is 23.2. The second kappa shape index (κ2) is 10.1. The molecule has 0 aliphatic carbocycles. The zero-order valence-electron chi connectivity index (χ0n) is 19.5. The summed E-state index contributed by atoms with van der Waals surface area (Å²) in [6.07, 6.45) is -1.62. The highest BCUT2D eigenvalue weighted by Crippen LogP contribution is 2.41. The standard InChI is InChI=1S/C23H21F2N5.C2HF3O2/c1-13-5-15(7-16(24)6-13)17-9-27-10-18(22(17)30-11-14(8-26)12-30)23-28-20-4-2-3-19(25)21(20)29-23;3-2(4,5)1(6)7/h2-7,9-10,14H,8,11-12,26H2,1H3,(H,28,29);(H,6,7). The number of para-hydroxylation sites is 1. The number of aromatic nitrogens is 3. The van der Waals surface area contributed by atoms with Crippen molar-refractivity contribution in [3.05, 3.63) is 66.0 Å². The number of alkyl halides is 3. The van der Waals surface area contributed by atoms with Crippen molar-refractivity contribution in [2.45, 2.75) is 13.1 Å². The van der Waals surface area contributed by atoms with Crippen molar-refractivity contribution in [3.63, 3.8) is 0 Å². The fraction of sp³-hybridized carbons (Fsp3) is 0.240. The van der Waals surface area contributed by atoms with Gasteiger partial charge in [-0.05, 0) is 48.9 Å². The number of aliphatic carboxylic acids is 1. The number of H-pyrrole nitrogens is 1. The van der Waals surface area contributed by atoms with Crippen LogP contribution in [0.1, 0.15) is 5.56 Å². The molecule has 1 saturated heterocycles. The van der Waals surface area contributed by atoms with E-state index in [4.69, 9.17) is 15.6 Å². The van der Waals surface area contributed by atoms with Crippen molar-refractivity contribution in [3.8, 4) is 22.5 Å². The molecule has 0 radical (unpaired) electrons. The highest BCUT2D eigenvalue weighted by molar-refractivity contribution is 5.91. The Morgan fingerprint density at radius 3 is 2.43 bits per heavy atom. The molecule has 194 valence electrons. The number of aromatic amines is 1. The number of rotatable bonds is 4. The molecule has 3 heterocycles. The van der Waals surface area contributed by atoms with Gasteiger partial charge < -0.3 is 20.7 Å². The number of imidazole rings is 1. The van der Waals surface area contributed by atoms with E-state index in [0.717, 1.165) is 41.0 Å².